The van der Waals surface area contributed by atoms with Crippen molar-refractivity contribution in [2.24, 2.45) is 0 Å². The number of quaternary nitrogens is 1. The lowest BCUT2D eigenvalue weighted by molar-refractivity contribution is -0.924. The highest BCUT2D eigenvalue weighted by Crippen LogP contribution is 2.41. The Hall–Kier alpha value is -2.91. The van der Waals surface area contributed by atoms with Crippen molar-refractivity contribution in [1.82, 2.24) is 5.32 Å². The molecule has 0 amide bonds. The Labute approximate surface area is 251 Å². The van der Waals surface area contributed by atoms with Gasteiger partial charge >= 0.3 is 11.9 Å². The number of allylic oxidation sites excluding steroid dienone is 1. The topological polar surface area (TPSA) is 108 Å². The first kappa shape index (κ1) is 36.1. The second-order valence-electron chi connectivity index (χ2n) is 10.5. The van der Waals surface area contributed by atoms with Crippen molar-refractivity contribution in [1.29, 1.82) is 0 Å². The summed E-state index contributed by atoms with van der Waals surface area (Å²) in [6, 6.07) is 6.15. The van der Waals surface area contributed by atoms with Gasteiger partial charge < -0.3 is 31.7 Å². The lowest BCUT2D eigenvalue weighted by Gasteiger charge is -2.42. The summed E-state index contributed by atoms with van der Waals surface area (Å²) in [5.41, 5.74) is 2.25. The van der Waals surface area contributed by atoms with Crippen LogP contribution in [0.5, 0.6) is 0 Å². The number of nitro benzene ring substituents is 1. The van der Waals surface area contributed by atoms with Crippen LogP contribution in [0.4, 0.5) is 5.69 Å². The third kappa shape index (κ3) is 9.57. The standard InChI is InChI=1S/C31H47N3O6.ClH/c1-7-12-18-34(19-13-8-2,20-14-9-3)22-26-29(31(36)40-11-5)28(24-16-15-17-25(21-24)33(37)38)27(23(6)32-26)30(35)39-10-4;/h15-17,21,28H,7-14,18-20,22H2,1-6H3;1H. The number of ether oxygens (including phenoxy) is 2. The quantitative estimate of drug-likeness (QED) is 0.128. The van der Waals surface area contributed by atoms with Crippen molar-refractivity contribution in [3.63, 3.8) is 0 Å². The first-order valence-corrected chi connectivity index (χ1v) is 14.8. The number of hydrogen-bond donors (Lipinski definition) is 1. The Morgan fingerprint density at radius 1 is 0.902 bits per heavy atom. The van der Waals surface area contributed by atoms with Crippen molar-refractivity contribution in [3.05, 3.63) is 62.5 Å². The molecule has 1 aliphatic rings. The summed E-state index contributed by atoms with van der Waals surface area (Å²) in [4.78, 5) is 38.3. The summed E-state index contributed by atoms with van der Waals surface area (Å²) in [5.74, 6) is -1.95. The van der Waals surface area contributed by atoms with Gasteiger partial charge in [-0.3, -0.25) is 10.1 Å². The highest BCUT2D eigenvalue weighted by molar-refractivity contribution is 6.00. The van der Waals surface area contributed by atoms with Crippen LogP contribution >= 0.6 is 0 Å². The number of benzene rings is 1. The number of halogens is 1. The number of dihydropyridines is 1. The van der Waals surface area contributed by atoms with Crippen LogP contribution in [0, 0.1) is 10.1 Å². The molecule has 0 bridgehead atoms. The van der Waals surface area contributed by atoms with E-state index in [1.54, 1.807) is 32.9 Å². The predicted octanol–water partition coefficient (Wildman–Crippen LogP) is 3.16. The van der Waals surface area contributed by atoms with Crippen molar-refractivity contribution in [2.75, 3.05) is 39.4 Å². The molecule has 9 nitrogen and oxygen atoms in total. The molecule has 1 atom stereocenters. The molecule has 1 aromatic rings. The van der Waals surface area contributed by atoms with Gasteiger partial charge in [-0.15, -0.1) is 0 Å². The molecule has 1 aliphatic heterocycles. The summed E-state index contributed by atoms with van der Waals surface area (Å²) >= 11 is 0. The summed E-state index contributed by atoms with van der Waals surface area (Å²) in [5, 5.41) is 15.1. The van der Waals surface area contributed by atoms with Gasteiger partial charge in [0, 0.05) is 17.8 Å². The van der Waals surface area contributed by atoms with Crippen LogP contribution in [0.1, 0.15) is 91.5 Å². The van der Waals surface area contributed by atoms with Gasteiger partial charge in [0.2, 0.25) is 0 Å². The Kier molecular flexibility index (Phi) is 15.7. The highest BCUT2D eigenvalue weighted by atomic mass is 35.5. The molecular weight excluding hydrogens is 546 g/mol. The lowest BCUT2D eigenvalue weighted by Crippen LogP contribution is -3.00. The summed E-state index contributed by atoms with van der Waals surface area (Å²) in [7, 11) is 0. The van der Waals surface area contributed by atoms with Crippen molar-refractivity contribution >= 4 is 17.6 Å². The largest absolute Gasteiger partial charge is 1.00 e. The molecule has 0 saturated carbocycles. The second kappa shape index (κ2) is 17.8. The summed E-state index contributed by atoms with van der Waals surface area (Å²) < 4.78 is 11.8. The van der Waals surface area contributed by atoms with E-state index < -0.39 is 22.8 Å². The Bertz CT molecular complexity index is 1080. The van der Waals surface area contributed by atoms with E-state index in [0.717, 1.165) is 62.6 Å². The van der Waals surface area contributed by atoms with Crippen LogP contribution in [0.2, 0.25) is 0 Å². The Balaban J connectivity index is 0.00000840. The zero-order chi connectivity index (χ0) is 29.7. The smallest absolute Gasteiger partial charge is 0.336 e. The number of carbonyl (C=O) groups excluding carboxylic acids is 2. The number of rotatable bonds is 17. The van der Waals surface area contributed by atoms with Gasteiger partial charge in [0.25, 0.3) is 5.69 Å². The summed E-state index contributed by atoms with van der Waals surface area (Å²) in [6.45, 7) is 15.7. The highest BCUT2D eigenvalue weighted by Gasteiger charge is 2.42. The van der Waals surface area contributed by atoms with Crippen molar-refractivity contribution in [2.45, 2.75) is 86.0 Å². The Morgan fingerprint density at radius 2 is 1.41 bits per heavy atom. The average Bonchev–Trinajstić information content (AvgIpc) is 2.93. The van der Waals surface area contributed by atoms with E-state index in [0.29, 0.717) is 29.1 Å². The zero-order valence-corrected chi connectivity index (χ0v) is 26.3. The van der Waals surface area contributed by atoms with Gasteiger partial charge in [-0.05, 0) is 45.6 Å². The van der Waals surface area contributed by atoms with Gasteiger partial charge in [0.1, 0.15) is 6.54 Å². The maximum Gasteiger partial charge on any atom is 0.336 e. The molecule has 0 aromatic heterocycles. The minimum Gasteiger partial charge on any atom is -1.00 e. The number of nitro groups is 1. The first-order valence-electron chi connectivity index (χ1n) is 14.8. The number of unbranched alkanes of at least 4 members (excludes halogenated alkanes) is 3. The molecule has 2 rings (SSSR count). The van der Waals surface area contributed by atoms with E-state index in [4.69, 9.17) is 9.47 Å². The minimum absolute atomic E-state index is 0. The van der Waals surface area contributed by atoms with E-state index in [2.05, 4.69) is 26.1 Å². The normalized spacial score (nSPS) is 15.2. The molecule has 1 unspecified atom stereocenters. The Morgan fingerprint density at radius 3 is 1.88 bits per heavy atom. The van der Waals surface area contributed by atoms with Gasteiger partial charge in [0.15, 0.2) is 0 Å². The first-order chi connectivity index (χ1) is 19.2. The molecule has 10 heteroatoms. The molecule has 0 fully saturated rings. The predicted molar refractivity (Wildman–Crippen MR) is 156 cm³/mol. The number of nitrogens with zero attached hydrogens (tertiary/aromatic N) is 2. The van der Waals surface area contributed by atoms with Gasteiger partial charge in [-0.2, -0.15) is 0 Å². The second-order valence-corrected chi connectivity index (χ2v) is 10.5. The van der Waals surface area contributed by atoms with Gasteiger partial charge in [0.05, 0.1) is 60.5 Å². The zero-order valence-electron chi connectivity index (χ0n) is 25.6. The molecule has 0 radical (unpaired) electrons. The van der Waals surface area contributed by atoms with E-state index in [1.807, 2.05) is 0 Å². The SMILES string of the molecule is CCCC[N+](CCCC)(CCCC)CC1=C(C(=O)OCC)C(c2cccc([N+](=O)[O-])c2)C(C(=O)OCC)=C(C)N1.[Cl-]. The fourth-order valence-corrected chi connectivity index (χ4v) is 5.49. The molecule has 0 saturated heterocycles. The van der Waals surface area contributed by atoms with Crippen LogP contribution in [0.25, 0.3) is 0 Å². The molecular formula is C31H48ClN3O6. The van der Waals surface area contributed by atoms with Crippen LogP contribution in [0.3, 0.4) is 0 Å². The van der Waals surface area contributed by atoms with Crippen LogP contribution < -0.4 is 17.7 Å². The third-order valence-electron chi connectivity index (χ3n) is 7.50. The number of non-ortho nitro benzene ring substituents is 1. The molecule has 41 heavy (non-hydrogen) atoms. The fourth-order valence-electron chi connectivity index (χ4n) is 5.49. The summed E-state index contributed by atoms with van der Waals surface area (Å²) in [6.07, 6.45) is 6.39. The average molecular weight is 594 g/mol. The van der Waals surface area contributed by atoms with E-state index >= 15 is 0 Å². The van der Waals surface area contributed by atoms with E-state index in [9.17, 15) is 19.7 Å². The minimum atomic E-state index is -0.861. The maximum atomic E-state index is 13.7. The fraction of sp³-hybridized carbons (Fsp3) is 0.613. The van der Waals surface area contributed by atoms with Gasteiger partial charge in [-0.25, -0.2) is 9.59 Å². The molecule has 1 aromatic carbocycles. The number of carbonyl (C=O) groups is 2. The molecule has 0 spiro atoms. The number of esters is 2. The molecule has 230 valence electrons. The monoisotopic (exact) mass is 593 g/mol. The van der Waals surface area contributed by atoms with Crippen molar-refractivity contribution in [3.8, 4) is 0 Å². The van der Waals surface area contributed by atoms with Crippen LogP contribution in [-0.2, 0) is 19.1 Å². The van der Waals surface area contributed by atoms with E-state index in [-0.39, 0.29) is 36.9 Å². The molecule has 1 N–H and O–H groups in total. The number of hydrogen-bond acceptors (Lipinski definition) is 7. The number of nitrogens with one attached hydrogen (secondary N) is 1. The molecule has 0 aliphatic carbocycles. The van der Waals surface area contributed by atoms with Gasteiger partial charge in [-0.1, -0.05) is 52.2 Å². The van der Waals surface area contributed by atoms with Crippen molar-refractivity contribution < 1.29 is 40.9 Å². The third-order valence-corrected chi connectivity index (χ3v) is 7.50. The maximum absolute atomic E-state index is 13.7. The van der Waals surface area contributed by atoms with Crippen LogP contribution in [0.15, 0.2) is 46.8 Å². The lowest BCUT2D eigenvalue weighted by atomic mass is 9.79. The molecule has 1 heterocycles. The van der Waals surface area contributed by atoms with E-state index in [1.165, 1.54) is 12.1 Å². The van der Waals surface area contributed by atoms with Crippen LogP contribution in [-0.4, -0.2) is 60.7 Å².